The van der Waals surface area contributed by atoms with Crippen LogP contribution in [0.5, 0.6) is 5.75 Å². The number of nitrogens with zero attached hydrogens (tertiary/aromatic N) is 2. The fraction of sp³-hybridized carbons (Fsp3) is 0.571. The number of rotatable bonds is 6. The molecule has 2 N–H and O–H groups in total. The quantitative estimate of drug-likeness (QED) is 0.828. The van der Waals surface area contributed by atoms with E-state index in [2.05, 4.69) is 29.0 Å². The van der Waals surface area contributed by atoms with Crippen LogP contribution in [0, 0.1) is 5.92 Å². The zero-order valence-corrected chi connectivity index (χ0v) is 16.3. The standard InChI is InChI=1S/C21H31N3O2/c1-15-7-9-24(16(2)10-15)14-21(3,25)13-23-19-12-18(26-4)11-17-6-5-8-22-20(17)19/h5-6,8,11-12,15-16,23,25H,7,9-10,13-14H2,1-4H3/t15-,16+,21-/m0/s1. The van der Waals surface area contributed by atoms with E-state index in [0.29, 0.717) is 19.1 Å². The maximum absolute atomic E-state index is 11.0. The van der Waals surface area contributed by atoms with Crippen molar-refractivity contribution in [2.45, 2.75) is 45.3 Å². The Labute approximate surface area is 156 Å². The number of pyridine rings is 1. The molecule has 2 aromatic rings. The summed E-state index contributed by atoms with van der Waals surface area (Å²) >= 11 is 0. The number of likely N-dealkylation sites (tertiary alicyclic amines) is 1. The lowest BCUT2D eigenvalue weighted by molar-refractivity contribution is 0.00269. The first kappa shape index (κ1) is 18.9. The number of benzene rings is 1. The van der Waals surface area contributed by atoms with Gasteiger partial charge >= 0.3 is 0 Å². The average Bonchev–Trinajstić information content (AvgIpc) is 2.62. The van der Waals surface area contributed by atoms with Gasteiger partial charge in [0.25, 0.3) is 0 Å². The Hall–Kier alpha value is -1.85. The summed E-state index contributed by atoms with van der Waals surface area (Å²) in [5, 5.41) is 15.4. The molecule has 142 valence electrons. The van der Waals surface area contributed by atoms with Gasteiger partial charge in [0.15, 0.2) is 0 Å². The molecular formula is C21H31N3O2. The first-order chi connectivity index (χ1) is 12.4. The maximum atomic E-state index is 11.0. The molecule has 1 fully saturated rings. The molecule has 0 saturated carbocycles. The summed E-state index contributed by atoms with van der Waals surface area (Å²) in [5.74, 6) is 1.56. The number of β-amino-alcohol motifs (C(OH)–C–C–N with tert-alkyl or cyclic N) is 1. The lowest BCUT2D eigenvalue weighted by Gasteiger charge is -2.40. The van der Waals surface area contributed by atoms with Crippen LogP contribution >= 0.6 is 0 Å². The van der Waals surface area contributed by atoms with Crippen molar-refractivity contribution in [2.75, 3.05) is 32.1 Å². The lowest BCUT2D eigenvalue weighted by atomic mass is 9.92. The van der Waals surface area contributed by atoms with Crippen LogP contribution in [0.4, 0.5) is 5.69 Å². The molecule has 1 saturated heterocycles. The Morgan fingerprint density at radius 2 is 2.19 bits per heavy atom. The van der Waals surface area contributed by atoms with Crippen molar-refractivity contribution in [1.82, 2.24) is 9.88 Å². The van der Waals surface area contributed by atoms with Crippen LogP contribution in [0.25, 0.3) is 10.9 Å². The number of aliphatic hydroxyl groups is 1. The molecule has 3 rings (SSSR count). The fourth-order valence-electron chi connectivity index (χ4n) is 3.89. The number of aromatic nitrogens is 1. The summed E-state index contributed by atoms with van der Waals surface area (Å²) in [5.41, 5.74) is 0.962. The van der Waals surface area contributed by atoms with E-state index in [9.17, 15) is 5.11 Å². The molecule has 5 nitrogen and oxygen atoms in total. The minimum atomic E-state index is -0.820. The Balaban J connectivity index is 1.70. The molecular weight excluding hydrogens is 326 g/mol. The molecule has 0 unspecified atom stereocenters. The van der Waals surface area contributed by atoms with Crippen LogP contribution in [0.1, 0.15) is 33.6 Å². The van der Waals surface area contributed by atoms with E-state index in [1.807, 2.05) is 31.2 Å². The van der Waals surface area contributed by atoms with Crippen molar-refractivity contribution < 1.29 is 9.84 Å². The number of hydrogen-bond acceptors (Lipinski definition) is 5. The fourth-order valence-corrected chi connectivity index (χ4v) is 3.89. The van der Waals surface area contributed by atoms with E-state index in [0.717, 1.165) is 34.8 Å². The molecule has 3 atom stereocenters. The van der Waals surface area contributed by atoms with Crippen LogP contribution in [0.3, 0.4) is 0 Å². The molecule has 0 aliphatic carbocycles. The van der Waals surface area contributed by atoms with Crippen molar-refractivity contribution in [3.05, 3.63) is 30.5 Å². The Morgan fingerprint density at radius 1 is 1.38 bits per heavy atom. The van der Waals surface area contributed by atoms with Crippen LogP contribution in [0.15, 0.2) is 30.5 Å². The molecule has 0 spiro atoms. The summed E-state index contributed by atoms with van der Waals surface area (Å²) in [7, 11) is 1.66. The summed E-state index contributed by atoms with van der Waals surface area (Å²) in [4.78, 5) is 6.89. The zero-order valence-electron chi connectivity index (χ0n) is 16.3. The van der Waals surface area contributed by atoms with Gasteiger partial charge in [-0.2, -0.15) is 0 Å². The summed E-state index contributed by atoms with van der Waals surface area (Å²) in [6, 6.07) is 8.37. The van der Waals surface area contributed by atoms with Crippen molar-refractivity contribution in [2.24, 2.45) is 5.92 Å². The van der Waals surface area contributed by atoms with E-state index in [4.69, 9.17) is 4.74 Å². The average molecular weight is 357 g/mol. The van der Waals surface area contributed by atoms with Gasteiger partial charge in [0.05, 0.1) is 23.9 Å². The second-order valence-electron chi connectivity index (χ2n) is 8.05. The zero-order chi connectivity index (χ0) is 18.7. The largest absolute Gasteiger partial charge is 0.497 e. The van der Waals surface area contributed by atoms with Crippen molar-refractivity contribution >= 4 is 16.6 Å². The molecule has 1 aliphatic rings. The van der Waals surface area contributed by atoms with Gasteiger partial charge in [0.2, 0.25) is 0 Å². The van der Waals surface area contributed by atoms with E-state index >= 15 is 0 Å². The highest BCUT2D eigenvalue weighted by Crippen LogP contribution is 2.29. The van der Waals surface area contributed by atoms with Gasteiger partial charge in [0.1, 0.15) is 5.75 Å². The highest BCUT2D eigenvalue weighted by molar-refractivity contribution is 5.91. The van der Waals surface area contributed by atoms with Gasteiger partial charge < -0.3 is 15.2 Å². The second kappa shape index (κ2) is 7.80. The molecule has 26 heavy (non-hydrogen) atoms. The normalized spacial score (nSPS) is 23.6. The smallest absolute Gasteiger partial charge is 0.121 e. The van der Waals surface area contributed by atoms with E-state index in [1.54, 1.807) is 13.3 Å². The molecule has 1 aromatic carbocycles. The molecule has 1 aliphatic heterocycles. The van der Waals surface area contributed by atoms with E-state index in [1.165, 1.54) is 12.8 Å². The first-order valence-electron chi connectivity index (χ1n) is 9.51. The van der Waals surface area contributed by atoms with Crippen LogP contribution in [-0.4, -0.2) is 53.4 Å². The number of anilines is 1. The Bertz CT molecular complexity index is 747. The minimum absolute atomic E-state index is 0.463. The third-order valence-electron chi connectivity index (χ3n) is 5.39. The first-order valence-corrected chi connectivity index (χ1v) is 9.51. The molecule has 0 amide bonds. The second-order valence-corrected chi connectivity index (χ2v) is 8.05. The van der Waals surface area contributed by atoms with Crippen molar-refractivity contribution in [3.63, 3.8) is 0 Å². The number of nitrogens with one attached hydrogen (secondary N) is 1. The van der Waals surface area contributed by atoms with Crippen LogP contribution in [0.2, 0.25) is 0 Å². The predicted molar refractivity (Wildman–Crippen MR) is 107 cm³/mol. The molecule has 1 aromatic heterocycles. The van der Waals surface area contributed by atoms with Gasteiger partial charge in [-0.05, 0) is 51.3 Å². The topological polar surface area (TPSA) is 57.6 Å². The molecule has 5 heteroatoms. The number of ether oxygens (including phenoxy) is 1. The monoisotopic (exact) mass is 357 g/mol. The van der Waals surface area contributed by atoms with Crippen molar-refractivity contribution in [3.8, 4) is 5.75 Å². The molecule has 0 radical (unpaired) electrons. The molecule has 2 heterocycles. The van der Waals surface area contributed by atoms with E-state index in [-0.39, 0.29) is 0 Å². The highest BCUT2D eigenvalue weighted by Gasteiger charge is 2.30. The Morgan fingerprint density at radius 3 is 2.92 bits per heavy atom. The number of piperidine rings is 1. The SMILES string of the molecule is COc1cc(NC[C@](C)(O)CN2CC[C@H](C)C[C@H]2C)c2ncccc2c1. The van der Waals surface area contributed by atoms with Crippen LogP contribution in [-0.2, 0) is 0 Å². The van der Waals surface area contributed by atoms with Gasteiger partial charge in [-0.1, -0.05) is 13.0 Å². The van der Waals surface area contributed by atoms with E-state index < -0.39 is 5.60 Å². The van der Waals surface area contributed by atoms with Gasteiger partial charge in [-0.3, -0.25) is 9.88 Å². The summed E-state index contributed by atoms with van der Waals surface area (Å²) < 4.78 is 5.40. The number of hydrogen-bond donors (Lipinski definition) is 2. The predicted octanol–water partition coefficient (Wildman–Crippen LogP) is 3.53. The number of methoxy groups -OCH3 is 1. The summed E-state index contributed by atoms with van der Waals surface area (Å²) in [6.45, 7) is 8.67. The third kappa shape index (κ3) is 4.46. The van der Waals surface area contributed by atoms with Gasteiger partial charge in [0, 0.05) is 36.8 Å². The van der Waals surface area contributed by atoms with Crippen molar-refractivity contribution in [1.29, 1.82) is 0 Å². The van der Waals surface area contributed by atoms with Gasteiger partial charge in [-0.25, -0.2) is 0 Å². The summed E-state index contributed by atoms with van der Waals surface area (Å²) in [6.07, 6.45) is 4.20. The van der Waals surface area contributed by atoms with Gasteiger partial charge in [-0.15, -0.1) is 0 Å². The maximum Gasteiger partial charge on any atom is 0.121 e. The number of fused-ring (bicyclic) bond motifs is 1. The minimum Gasteiger partial charge on any atom is -0.497 e. The Kier molecular flexibility index (Phi) is 5.68. The lowest BCUT2D eigenvalue weighted by Crippen LogP contribution is -2.51. The third-order valence-corrected chi connectivity index (χ3v) is 5.39. The van der Waals surface area contributed by atoms with Crippen LogP contribution < -0.4 is 10.1 Å². The highest BCUT2D eigenvalue weighted by atomic mass is 16.5. The molecule has 0 bridgehead atoms.